The van der Waals surface area contributed by atoms with Crippen LogP contribution in [0.1, 0.15) is 13.8 Å². The Labute approximate surface area is 49.7 Å². The first-order valence-electron chi connectivity index (χ1n) is 2.12. The van der Waals surface area contributed by atoms with Gasteiger partial charge in [-0.05, 0) is 0 Å². The first-order chi connectivity index (χ1) is 2.41. The standard InChI is InChI=1S/2C2H5.H2O.Sn/c2*1-2;;/h2*1H2,2H3;1H2;. The van der Waals surface area contributed by atoms with Gasteiger partial charge in [-0.25, -0.2) is 0 Å². The van der Waals surface area contributed by atoms with Crippen molar-refractivity contribution in [3.8, 4) is 0 Å². The Kier molecular flexibility index (Phi) is 15.2. The topological polar surface area (TPSA) is 31.5 Å². The van der Waals surface area contributed by atoms with Crippen molar-refractivity contribution in [2.75, 3.05) is 0 Å². The molecule has 0 atom stereocenters. The van der Waals surface area contributed by atoms with E-state index in [0.29, 0.717) is 0 Å². The third kappa shape index (κ3) is 8.83. The molecular formula is C4H12OSn. The molecule has 0 amide bonds. The molecule has 0 spiro atoms. The van der Waals surface area contributed by atoms with Crippen LogP contribution >= 0.6 is 0 Å². The molecule has 0 bridgehead atoms. The van der Waals surface area contributed by atoms with E-state index < -0.39 is 0 Å². The van der Waals surface area contributed by atoms with Gasteiger partial charge in [-0.2, -0.15) is 0 Å². The van der Waals surface area contributed by atoms with Crippen LogP contribution < -0.4 is 0 Å². The molecule has 0 aromatic carbocycles. The zero-order valence-electron chi connectivity index (χ0n) is 4.41. The van der Waals surface area contributed by atoms with E-state index in [1.165, 1.54) is 8.87 Å². The summed E-state index contributed by atoms with van der Waals surface area (Å²) in [5.74, 6) is 0. The molecule has 0 saturated heterocycles. The van der Waals surface area contributed by atoms with Gasteiger partial charge in [-0.3, -0.25) is 0 Å². The second-order valence-corrected chi connectivity index (χ2v) is 6.42. The Balaban J connectivity index is 0. The Morgan fingerprint density at radius 3 is 1.50 bits per heavy atom. The third-order valence-corrected chi connectivity index (χ3v) is 3.35. The van der Waals surface area contributed by atoms with Gasteiger partial charge in [-0.15, -0.1) is 0 Å². The van der Waals surface area contributed by atoms with E-state index in [2.05, 4.69) is 13.8 Å². The second-order valence-electron chi connectivity index (χ2n) is 0.957. The van der Waals surface area contributed by atoms with Crippen LogP contribution in [-0.2, 0) is 0 Å². The molecule has 0 aromatic heterocycles. The van der Waals surface area contributed by atoms with Crippen molar-refractivity contribution in [2.45, 2.75) is 22.7 Å². The maximum Gasteiger partial charge on any atom is -0.412 e. The minimum Gasteiger partial charge on any atom is -0.412 e. The average molecular weight is 195 g/mol. The van der Waals surface area contributed by atoms with Crippen LogP contribution in [0.2, 0.25) is 8.87 Å². The summed E-state index contributed by atoms with van der Waals surface area (Å²) in [7, 11) is 0. The average Bonchev–Trinajstić information content (AvgIpc) is 1.41. The van der Waals surface area contributed by atoms with Crippen LogP contribution in [0.25, 0.3) is 0 Å². The molecule has 0 rings (SSSR count). The summed E-state index contributed by atoms with van der Waals surface area (Å²) in [6.07, 6.45) is 0. The molecule has 1 nitrogen and oxygen atoms in total. The van der Waals surface area contributed by atoms with Crippen LogP contribution in [-0.4, -0.2) is 26.6 Å². The predicted molar refractivity (Wildman–Crippen MR) is 30.3 cm³/mol. The first kappa shape index (κ1) is 9.90. The van der Waals surface area contributed by atoms with Gasteiger partial charge in [0.2, 0.25) is 0 Å². The van der Waals surface area contributed by atoms with Gasteiger partial charge >= 0.3 is 43.9 Å². The Morgan fingerprint density at radius 2 is 1.50 bits per heavy atom. The molecule has 0 unspecified atom stereocenters. The van der Waals surface area contributed by atoms with Crippen molar-refractivity contribution in [3.05, 3.63) is 0 Å². The van der Waals surface area contributed by atoms with E-state index in [9.17, 15) is 0 Å². The molecule has 0 aliphatic rings. The van der Waals surface area contributed by atoms with E-state index in [1.807, 2.05) is 0 Å². The molecule has 6 heavy (non-hydrogen) atoms. The predicted octanol–water partition coefficient (Wildman–Crippen LogP) is 0.742. The Bertz CT molecular complexity index is 15.0. The van der Waals surface area contributed by atoms with Crippen LogP contribution in [0.15, 0.2) is 0 Å². The van der Waals surface area contributed by atoms with Gasteiger partial charge in [0.1, 0.15) is 0 Å². The molecule has 0 saturated carbocycles. The van der Waals surface area contributed by atoms with Crippen molar-refractivity contribution in [2.24, 2.45) is 0 Å². The molecule has 0 fully saturated rings. The Hall–Kier alpha value is 0.759. The number of hydrogen-bond donors (Lipinski definition) is 0. The fraction of sp³-hybridized carbons (Fsp3) is 1.00. The number of hydrogen-bond acceptors (Lipinski definition) is 0. The van der Waals surface area contributed by atoms with Crippen LogP contribution in [0.3, 0.4) is 0 Å². The van der Waals surface area contributed by atoms with Crippen molar-refractivity contribution in [3.63, 3.8) is 0 Å². The van der Waals surface area contributed by atoms with E-state index in [1.54, 1.807) is 0 Å². The summed E-state index contributed by atoms with van der Waals surface area (Å²) >= 11 is 0.218. The maximum atomic E-state index is 2.29. The van der Waals surface area contributed by atoms with Gasteiger partial charge in [0.25, 0.3) is 0 Å². The second kappa shape index (κ2) is 9.23. The van der Waals surface area contributed by atoms with Crippen LogP contribution in [0.5, 0.6) is 0 Å². The minimum absolute atomic E-state index is 0. The minimum atomic E-state index is 0. The van der Waals surface area contributed by atoms with Crippen molar-refractivity contribution in [1.82, 2.24) is 0 Å². The molecular weight excluding hydrogens is 183 g/mol. The van der Waals surface area contributed by atoms with Gasteiger partial charge in [-0.1, -0.05) is 0 Å². The molecule has 2 radical (unpaired) electrons. The quantitative estimate of drug-likeness (QED) is 0.582. The van der Waals surface area contributed by atoms with Gasteiger partial charge in [0, 0.05) is 0 Å². The van der Waals surface area contributed by atoms with E-state index in [4.69, 9.17) is 0 Å². The fourth-order valence-electron chi connectivity index (χ4n) is 0.250. The normalized spacial score (nSPS) is 7.00. The molecule has 0 aliphatic carbocycles. The summed E-state index contributed by atoms with van der Waals surface area (Å²) in [6.45, 7) is 4.57. The van der Waals surface area contributed by atoms with E-state index in [0.717, 1.165) is 0 Å². The summed E-state index contributed by atoms with van der Waals surface area (Å²) in [4.78, 5) is 0. The van der Waals surface area contributed by atoms with Gasteiger partial charge in [0.05, 0.1) is 0 Å². The largest absolute Gasteiger partial charge is 0.412 e. The van der Waals surface area contributed by atoms with Crippen molar-refractivity contribution in [1.29, 1.82) is 0 Å². The van der Waals surface area contributed by atoms with E-state index in [-0.39, 0.29) is 26.6 Å². The summed E-state index contributed by atoms with van der Waals surface area (Å²) in [6, 6.07) is 0. The van der Waals surface area contributed by atoms with Crippen molar-refractivity contribution < 1.29 is 5.48 Å². The maximum absolute atomic E-state index is 2.29. The Morgan fingerprint density at radius 1 is 1.17 bits per heavy atom. The molecule has 2 N–H and O–H groups in total. The molecule has 38 valence electrons. The summed E-state index contributed by atoms with van der Waals surface area (Å²) in [5.41, 5.74) is 0. The summed E-state index contributed by atoms with van der Waals surface area (Å²) in [5, 5.41) is 0. The molecule has 0 aromatic rings. The van der Waals surface area contributed by atoms with Gasteiger partial charge in [0.15, 0.2) is 0 Å². The monoisotopic (exact) mass is 196 g/mol. The van der Waals surface area contributed by atoms with Crippen LogP contribution in [0.4, 0.5) is 0 Å². The van der Waals surface area contributed by atoms with E-state index >= 15 is 0 Å². The molecule has 0 aliphatic heterocycles. The summed E-state index contributed by atoms with van der Waals surface area (Å²) < 4.78 is 3.03. The zero-order chi connectivity index (χ0) is 4.12. The fourth-order valence-corrected chi connectivity index (χ4v) is 1.68. The first-order valence-corrected chi connectivity index (χ1v) is 6.16. The van der Waals surface area contributed by atoms with Gasteiger partial charge < -0.3 is 5.48 Å². The molecule has 2 heteroatoms. The van der Waals surface area contributed by atoms with Crippen molar-refractivity contribution >= 4 is 21.1 Å². The smallest absolute Gasteiger partial charge is 0.412 e. The number of rotatable bonds is 2. The SMILES string of the molecule is C[CH2][Sn][CH2]C.O. The van der Waals surface area contributed by atoms with Crippen LogP contribution in [0, 0.1) is 0 Å². The molecule has 0 heterocycles. The zero-order valence-corrected chi connectivity index (χ0v) is 7.27. The third-order valence-electron chi connectivity index (χ3n) is 0.500.